The molecule has 0 spiro atoms. The first-order chi connectivity index (χ1) is 11.2. The molecule has 0 saturated carbocycles. The number of H-pyrrole nitrogens is 1. The minimum Gasteiger partial charge on any atom is -0.481 e. The third kappa shape index (κ3) is 3.21. The number of benzene rings is 1. The van der Waals surface area contributed by atoms with E-state index >= 15 is 0 Å². The van der Waals surface area contributed by atoms with Crippen molar-refractivity contribution in [1.82, 2.24) is 30.6 Å². The Hall–Kier alpha value is -2.74. The number of hydrogen-bond acceptors (Lipinski definition) is 7. The van der Waals surface area contributed by atoms with Gasteiger partial charge in [-0.3, -0.25) is 0 Å². The molecule has 9 heteroatoms. The molecule has 2 heterocycles. The molecule has 1 N–H and O–H groups in total. The van der Waals surface area contributed by atoms with Crippen LogP contribution in [0.2, 0.25) is 5.02 Å². The van der Waals surface area contributed by atoms with Gasteiger partial charge in [-0.1, -0.05) is 28.9 Å². The SMILES string of the molecule is COc1cc(OC)nc(C(c2ccc(Cl)cc2)c2nn[nH]n2)n1. The van der Waals surface area contributed by atoms with Gasteiger partial charge in [-0.2, -0.15) is 15.2 Å². The highest BCUT2D eigenvalue weighted by Gasteiger charge is 2.25. The molecular weight excluding hydrogens is 320 g/mol. The minimum atomic E-state index is -0.435. The summed E-state index contributed by atoms with van der Waals surface area (Å²) in [4.78, 5) is 8.77. The van der Waals surface area contributed by atoms with Crippen LogP contribution in [0, 0.1) is 0 Å². The molecule has 0 bridgehead atoms. The molecule has 0 saturated heterocycles. The van der Waals surface area contributed by atoms with Crippen molar-refractivity contribution in [2.24, 2.45) is 0 Å². The summed E-state index contributed by atoms with van der Waals surface area (Å²) in [5.41, 5.74) is 0.867. The van der Waals surface area contributed by atoms with Crippen LogP contribution in [0.15, 0.2) is 30.3 Å². The highest BCUT2D eigenvalue weighted by Crippen LogP contribution is 2.30. The first-order valence-corrected chi connectivity index (χ1v) is 7.05. The van der Waals surface area contributed by atoms with Crippen LogP contribution in [0.4, 0.5) is 0 Å². The van der Waals surface area contributed by atoms with Crippen molar-refractivity contribution >= 4 is 11.6 Å². The van der Waals surface area contributed by atoms with Gasteiger partial charge in [0.25, 0.3) is 0 Å². The van der Waals surface area contributed by atoms with Gasteiger partial charge in [0.2, 0.25) is 11.8 Å². The second-order valence-electron chi connectivity index (χ2n) is 4.57. The predicted octanol–water partition coefficient (Wildman–Crippen LogP) is 1.84. The van der Waals surface area contributed by atoms with E-state index in [-0.39, 0.29) is 0 Å². The number of hydrogen-bond donors (Lipinski definition) is 1. The summed E-state index contributed by atoms with van der Waals surface area (Å²) in [6.07, 6.45) is 0. The second-order valence-corrected chi connectivity index (χ2v) is 5.00. The van der Waals surface area contributed by atoms with Crippen LogP contribution in [-0.4, -0.2) is 44.8 Å². The third-order valence-corrected chi connectivity index (χ3v) is 3.45. The van der Waals surface area contributed by atoms with E-state index in [0.717, 1.165) is 5.56 Å². The Kier molecular flexibility index (Phi) is 4.33. The van der Waals surface area contributed by atoms with Crippen LogP contribution < -0.4 is 9.47 Å². The van der Waals surface area contributed by atoms with Gasteiger partial charge in [-0.15, -0.1) is 10.2 Å². The fourth-order valence-electron chi connectivity index (χ4n) is 2.12. The van der Waals surface area contributed by atoms with E-state index in [1.165, 1.54) is 14.2 Å². The lowest BCUT2D eigenvalue weighted by atomic mass is 9.97. The van der Waals surface area contributed by atoms with Crippen molar-refractivity contribution in [3.63, 3.8) is 0 Å². The summed E-state index contributed by atoms with van der Waals surface area (Å²) in [7, 11) is 3.05. The zero-order valence-corrected chi connectivity index (χ0v) is 13.2. The molecule has 1 atom stereocenters. The van der Waals surface area contributed by atoms with E-state index in [2.05, 4.69) is 30.6 Å². The van der Waals surface area contributed by atoms with Crippen LogP contribution >= 0.6 is 11.6 Å². The summed E-state index contributed by atoms with van der Waals surface area (Å²) < 4.78 is 10.4. The number of halogens is 1. The summed E-state index contributed by atoms with van der Waals surface area (Å²) >= 11 is 5.96. The number of ether oxygens (including phenoxy) is 2. The minimum absolute atomic E-state index is 0.384. The van der Waals surface area contributed by atoms with Gasteiger partial charge in [0.1, 0.15) is 5.92 Å². The normalized spacial score (nSPS) is 12.0. The van der Waals surface area contributed by atoms with Crippen LogP contribution in [0.5, 0.6) is 11.8 Å². The Labute approximate surface area is 136 Å². The lowest BCUT2D eigenvalue weighted by Crippen LogP contribution is -2.11. The number of rotatable bonds is 5. The van der Waals surface area contributed by atoms with Gasteiger partial charge in [0, 0.05) is 5.02 Å². The smallest absolute Gasteiger partial charge is 0.220 e. The molecule has 2 aromatic heterocycles. The first-order valence-electron chi connectivity index (χ1n) is 6.67. The summed E-state index contributed by atoms with van der Waals surface area (Å²) in [6.45, 7) is 0. The van der Waals surface area contributed by atoms with Crippen LogP contribution in [0.25, 0.3) is 0 Å². The predicted molar refractivity (Wildman–Crippen MR) is 81.7 cm³/mol. The Morgan fingerprint density at radius 1 is 1.00 bits per heavy atom. The van der Waals surface area contributed by atoms with Crippen LogP contribution in [-0.2, 0) is 0 Å². The van der Waals surface area contributed by atoms with E-state index in [4.69, 9.17) is 21.1 Å². The Morgan fingerprint density at radius 2 is 1.65 bits per heavy atom. The number of tetrazole rings is 1. The quantitative estimate of drug-likeness (QED) is 0.761. The van der Waals surface area contributed by atoms with Crippen molar-refractivity contribution in [1.29, 1.82) is 0 Å². The number of nitrogens with one attached hydrogen (secondary N) is 1. The average molecular weight is 333 g/mol. The Morgan fingerprint density at radius 3 is 2.17 bits per heavy atom. The van der Waals surface area contributed by atoms with Gasteiger partial charge >= 0.3 is 0 Å². The molecular formula is C14H13ClN6O2. The lowest BCUT2D eigenvalue weighted by molar-refractivity contribution is 0.367. The fourth-order valence-corrected chi connectivity index (χ4v) is 2.25. The van der Waals surface area contributed by atoms with Crippen molar-refractivity contribution in [2.45, 2.75) is 5.92 Å². The van der Waals surface area contributed by atoms with Gasteiger partial charge < -0.3 is 9.47 Å². The maximum absolute atomic E-state index is 5.96. The van der Waals surface area contributed by atoms with Gasteiger partial charge in [0.05, 0.1) is 20.3 Å². The van der Waals surface area contributed by atoms with Gasteiger partial charge in [-0.25, -0.2) is 0 Å². The molecule has 0 aliphatic rings. The number of aromatic amines is 1. The molecule has 1 unspecified atom stereocenters. The molecule has 0 aliphatic carbocycles. The molecule has 3 aromatic rings. The second kappa shape index (κ2) is 6.57. The largest absolute Gasteiger partial charge is 0.481 e. The highest BCUT2D eigenvalue weighted by molar-refractivity contribution is 6.30. The molecule has 0 amide bonds. The maximum atomic E-state index is 5.96. The van der Waals surface area contributed by atoms with E-state index < -0.39 is 5.92 Å². The van der Waals surface area contributed by atoms with E-state index in [1.807, 2.05) is 12.1 Å². The maximum Gasteiger partial charge on any atom is 0.220 e. The molecule has 0 aliphatic heterocycles. The topological polar surface area (TPSA) is 98.7 Å². The third-order valence-electron chi connectivity index (χ3n) is 3.20. The molecule has 118 valence electrons. The van der Waals surface area contributed by atoms with Crippen molar-refractivity contribution in [3.8, 4) is 11.8 Å². The number of aromatic nitrogens is 6. The van der Waals surface area contributed by atoms with E-state index in [9.17, 15) is 0 Å². The standard InChI is InChI=1S/C14H13ClN6O2/c1-22-10-7-11(23-2)17-13(16-10)12(14-18-20-21-19-14)8-3-5-9(15)6-4-8/h3-7,12H,1-2H3,(H,18,19,20,21). The molecule has 0 radical (unpaired) electrons. The zero-order chi connectivity index (χ0) is 16.2. The highest BCUT2D eigenvalue weighted by atomic mass is 35.5. The van der Waals surface area contributed by atoms with Crippen molar-refractivity contribution in [3.05, 3.63) is 52.6 Å². The molecule has 3 rings (SSSR count). The molecule has 0 fully saturated rings. The van der Waals surface area contributed by atoms with Gasteiger partial charge in [-0.05, 0) is 17.7 Å². The summed E-state index contributed by atoms with van der Waals surface area (Å²) in [5, 5.41) is 14.8. The van der Waals surface area contributed by atoms with E-state index in [0.29, 0.717) is 28.4 Å². The fraction of sp³-hybridized carbons (Fsp3) is 0.214. The van der Waals surface area contributed by atoms with Crippen molar-refractivity contribution in [2.75, 3.05) is 14.2 Å². The average Bonchev–Trinajstić information content (AvgIpc) is 3.10. The lowest BCUT2D eigenvalue weighted by Gasteiger charge is -2.14. The monoisotopic (exact) mass is 332 g/mol. The van der Waals surface area contributed by atoms with Crippen molar-refractivity contribution < 1.29 is 9.47 Å². The summed E-state index contributed by atoms with van der Waals surface area (Å²) in [5.74, 6) is 1.20. The molecule has 8 nitrogen and oxygen atoms in total. The van der Waals surface area contributed by atoms with E-state index in [1.54, 1.807) is 18.2 Å². The Balaban J connectivity index is 2.14. The Bertz CT molecular complexity index is 756. The van der Waals surface area contributed by atoms with Crippen LogP contribution in [0.1, 0.15) is 23.1 Å². The molecule has 23 heavy (non-hydrogen) atoms. The van der Waals surface area contributed by atoms with Crippen LogP contribution in [0.3, 0.4) is 0 Å². The number of nitrogens with zero attached hydrogens (tertiary/aromatic N) is 5. The zero-order valence-electron chi connectivity index (χ0n) is 12.4. The first kappa shape index (κ1) is 15.2. The molecule has 1 aromatic carbocycles. The summed E-state index contributed by atoms with van der Waals surface area (Å²) in [6, 6.07) is 8.87. The van der Waals surface area contributed by atoms with Gasteiger partial charge in [0.15, 0.2) is 11.6 Å². The number of methoxy groups -OCH3 is 2.